The maximum atomic E-state index is 13.6. The predicted octanol–water partition coefficient (Wildman–Crippen LogP) is 3.51. The largest absolute Gasteiger partial charge is 0.352 e. The molecular weight excluding hydrogens is 450 g/mol. The topological polar surface area (TPSA) is 118 Å². The zero-order chi connectivity index (χ0) is 24.1. The van der Waals surface area contributed by atoms with Gasteiger partial charge in [-0.1, -0.05) is 42.0 Å². The monoisotopic (exact) mass is 481 g/mol. The summed E-state index contributed by atoms with van der Waals surface area (Å²) in [6, 6.07) is 14.1. The van der Waals surface area contributed by atoms with Crippen molar-refractivity contribution in [3.8, 4) is 0 Å². The summed E-state index contributed by atoms with van der Waals surface area (Å²) in [6.45, 7) is 2.28. The molecule has 0 aromatic heterocycles. The number of sulfonamides is 1. The van der Waals surface area contributed by atoms with Crippen molar-refractivity contribution >= 4 is 22.0 Å². The first-order chi connectivity index (χ1) is 16.1. The fraction of sp³-hybridized carbons (Fsp3) is 0.462. The van der Waals surface area contributed by atoms with E-state index >= 15 is 0 Å². The molecule has 4 aliphatic carbocycles. The second kappa shape index (κ2) is 8.12. The fourth-order valence-corrected chi connectivity index (χ4v) is 8.11. The number of rotatable bonds is 6. The van der Waals surface area contributed by atoms with Crippen LogP contribution in [0.25, 0.3) is 0 Å². The average molecular weight is 482 g/mol. The molecule has 6 rings (SSSR count). The first kappa shape index (κ1) is 22.9. The van der Waals surface area contributed by atoms with Gasteiger partial charge in [0.05, 0.1) is 10.3 Å². The van der Waals surface area contributed by atoms with Crippen molar-refractivity contribution in [2.24, 2.45) is 23.0 Å². The molecule has 7 nitrogen and oxygen atoms in total. The van der Waals surface area contributed by atoms with Gasteiger partial charge in [0.2, 0.25) is 5.91 Å². The van der Waals surface area contributed by atoms with Gasteiger partial charge in [-0.2, -0.15) is 0 Å². The van der Waals surface area contributed by atoms with Crippen molar-refractivity contribution in [1.29, 1.82) is 0 Å². The Hall–Kier alpha value is -2.87. The van der Waals surface area contributed by atoms with Crippen LogP contribution in [-0.4, -0.2) is 20.4 Å². The van der Waals surface area contributed by atoms with E-state index in [0.29, 0.717) is 23.8 Å². The van der Waals surface area contributed by atoms with Gasteiger partial charge in [0.15, 0.2) is 0 Å². The summed E-state index contributed by atoms with van der Waals surface area (Å²) in [6.07, 6.45) is 5.52. The summed E-state index contributed by atoms with van der Waals surface area (Å²) >= 11 is 0. The van der Waals surface area contributed by atoms with Gasteiger partial charge in [-0.25, -0.2) is 17.9 Å². The summed E-state index contributed by atoms with van der Waals surface area (Å²) in [5.41, 5.74) is 7.59. The molecule has 4 N–H and O–H groups in total. The van der Waals surface area contributed by atoms with E-state index in [1.54, 1.807) is 12.1 Å². The number of carbonyl (C=O) groups is 2. The molecule has 4 saturated carbocycles. The lowest BCUT2D eigenvalue weighted by molar-refractivity contribution is -0.147. The Morgan fingerprint density at radius 3 is 2.18 bits per heavy atom. The summed E-state index contributed by atoms with van der Waals surface area (Å²) in [5, 5.41) is 2.47. The van der Waals surface area contributed by atoms with Crippen LogP contribution in [0, 0.1) is 24.2 Å². The highest BCUT2D eigenvalue weighted by Crippen LogP contribution is 2.65. The number of carbonyl (C=O) groups excluding carboxylic acids is 2. The van der Waals surface area contributed by atoms with E-state index < -0.39 is 21.5 Å². The first-order valence-corrected chi connectivity index (χ1v) is 13.3. The third kappa shape index (κ3) is 4.08. The Kier molecular flexibility index (Phi) is 5.47. The third-order valence-electron chi connectivity index (χ3n) is 8.13. The van der Waals surface area contributed by atoms with Gasteiger partial charge in [0.25, 0.3) is 10.0 Å². The summed E-state index contributed by atoms with van der Waals surface area (Å²) in [5.74, 6) is 0.540. The van der Waals surface area contributed by atoms with Gasteiger partial charge in [-0.15, -0.1) is 0 Å². The van der Waals surface area contributed by atoms with E-state index in [4.69, 9.17) is 5.73 Å². The molecule has 3 amide bonds. The lowest BCUT2D eigenvalue weighted by Crippen LogP contribution is -2.59. The smallest absolute Gasteiger partial charge is 0.312 e. The summed E-state index contributed by atoms with van der Waals surface area (Å²) in [7, 11) is -4.00. The van der Waals surface area contributed by atoms with Crippen molar-refractivity contribution < 1.29 is 18.0 Å². The molecule has 2 aromatic carbocycles. The quantitative estimate of drug-likeness (QED) is 0.585. The van der Waals surface area contributed by atoms with Crippen LogP contribution in [0.3, 0.4) is 0 Å². The Balaban J connectivity index is 1.37. The minimum Gasteiger partial charge on any atom is -0.352 e. The zero-order valence-corrected chi connectivity index (χ0v) is 20.2. The second-order valence-corrected chi connectivity index (χ2v) is 12.4. The van der Waals surface area contributed by atoms with E-state index in [1.807, 2.05) is 0 Å². The zero-order valence-electron chi connectivity index (χ0n) is 19.3. The van der Waals surface area contributed by atoms with Crippen LogP contribution in [0.2, 0.25) is 0 Å². The molecule has 180 valence electrons. The Labute approximate surface area is 200 Å². The van der Waals surface area contributed by atoms with Crippen LogP contribution in [-0.2, 0) is 26.8 Å². The number of amides is 3. The van der Waals surface area contributed by atoms with Gasteiger partial charge in [0.1, 0.15) is 0 Å². The molecule has 2 atom stereocenters. The summed E-state index contributed by atoms with van der Waals surface area (Å²) < 4.78 is 28.6. The van der Waals surface area contributed by atoms with Crippen LogP contribution < -0.4 is 15.8 Å². The second-order valence-electron chi connectivity index (χ2n) is 10.7. The van der Waals surface area contributed by atoms with Crippen molar-refractivity contribution in [1.82, 2.24) is 10.0 Å². The van der Waals surface area contributed by atoms with Crippen molar-refractivity contribution in [2.45, 2.75) is 62.3 Å². The van der Waals surface area contributed by atoms with E-state index in [9.17, 15) is 18.0 Å². The molecular formula is C26H31N3O4S. The first-order valence-electron chi connectivity index (χ1n) is 11.9. The third-order valence-corrected chi connectivity index (χ3v) is 9.48. The van der Waals surface area contributed by atoms with Gasteiger partial charge < -0.3 is 11.1 Å². The van der Waals surface area contributed by atoms with Gasteiger partial charge >= 0.3 is 6.03 Å². The normalized spacial score (nSPS) is 29.6. The maximum absolute atomic E-state index is 13.6. The number of urea groups is 1. The Morgan fingerprint density at radius 1 is 0.971 bits per heavy atom. The maximum Gasteiger partial charge on any atom is 0.312 e. The Bertz CT molecular complexity index is 1210. The van der Waals surface area contributed by atoms with Crippen LogP contribution in [0.4, 0.5) is 4.79 Å². The number of nitrogens with two attached hydrogens (primary N) is 1. The molecule has 0 saturated heterocycles. The van der Waals surface area contributed by atoms with Gasteiger partial charge in [-0.05, 0) is 86.0 Å². The fourth-order valence-electron chi connectivity index (χ4n) is 7.04. The number of hydrogen-bond donors (Lipinski definition) is 3. The number of benzene rings is 2. The lowest BCUT2D eigenvalue weighted by atomic mass is 9.42. The van der Waals surface area contributed by atoms with E-state index in [0.717, 1.165) is 32.1 Å². The molecule has 0 heterocycles. The van der Waals surface area contributed by atoms with Crippen LogP contribution >= 0.6 is 0 Å². The number of primary amides is 1. The number of nitrogens with one attached hydrogen (secondary N) is 2. The Morgan fingerprint density at radius 2 is 1.59 bits per heavy atom. The molecule has 2 unspecified atom stereocenters. The lowest BCUT2D eigenvalue weighted by Gasteiger charge is -2.61. The standard InChI is InChI=1S/C26H31N3O4S/c1-17-2-6-21(7-3-17)25-11-19-10-20(12-25)14-26(13-19,16-25)23(30)29-34(32,33)22-8-4-18(5-9-22)15-28-24(27)31/h2-9,19-20H,10-16H2,1H3,(H,29,30)(H3,27,28,31). The van der Waals surface area contributed by atoms with Crippen molar-refractivity contribution in [3.05, 3.63) is 65.2 Å². The van der Waals surface area contributed by atoms with Gasteiger partial charge in [-0.3, -0.25) is 4.79 Å². The predicted molar refractivity (Wildman–Crippen MR) is 128 cm³/mol. The van der Waals surface area contributed by atoms with Gasteiger partial charge in [0, 0.05) is 6.54 Å². The van der Waals surface area contributed by atoms with Crippen LogP contribution in [0.15, 0.2) is 53.4 Å². The number of hydrogen-bond acceptors (Lipinski definition) is 4. The SMILES string of the molecule is Cc1ccc(C23CC4CC(CC(C(=O)NS(=O)(=O)c5ccc(CNC(N)=O)cc5)(C4)C2)C3)cc1. The minimum absolute atomic E-state index is 0.0293. The highest BCUT2D eigenvalue weighted by atomic mass is 32.2. The average Bonchev–Trinajstić information content (AvgIpc) is 2.77. The highest BCUT2D eigenvalue weighted by molar-refractivity contribution is 7.90. The summed E-state index contributed by atoms with van der Waals surface area (Å²) in [4.78, 5) is 24.5. The number of aryl methyl sites for hydroxylation is 1. The van der Waals surface area contributed by atoms with E-state index in [-0.39, 0.29) is 22.8 Å². The molecule has 4 bridgehead atoms. The molecule has 0 aliphatic heterocycles. The molecule has 8 heteroatoms. The van der Waals surface area contributed by atoms with E-state index in [1.165, 1.54) is 23.3 Å². The highest BCUT2D eigenvalue weighted by Gasteiger charge is 2.61. The molecule has 0 spiro atoms. The molecule has 4 aliphatic rings. The molecule has 34 heavy (non-hydrogen) atoms. The molecule has 2 aromatic rings. The molecule has 4 fully saturated rings. The molecule has 0 radical (unpaired) electrons. The minimum atomic E-state index is -4.00. The van der Waals surface area contributed by atoms with Crippen LogP contribution in [0.1, 0.15) is 55.2 Å². The van der Waals surface area contributed by atoms with Crippen molar-refractivity contribution in [3.63, 3.8) is 0 Å². The van der Waals surface area contributed by atoms with Crippen molar-refractivity contribution in [2.75, 3.05) is 0 Å². The van der Waals surface area contributed by atoms with E-state index in [2.05, 4.69) is 41.2 Å². The van der Waals surface area contributed by atoms with Crippen LogP contribution in [0.5, 0.6) is 0 Å².